The van der Waals surface area contributed by atoms with Gasteiger partial charge in [-0.3, -0.25) is 9.69 Å². The van der Waals surface area contributed by atoms with Gasteiger partial charge in [-0.1, -0.05) is 0 Å². The molecule has 1 saturated heterocycles. The fourth-order valence-electron chi connectivity index (χ4n) is 3.05. The van der Waals surface area contributed by atoms with Crippen molar-refractivity contribution in [2.24, 2.45) is 5.92 Å². The molecule has 6 heteroatoms. The molecule has 0 unspecified atom stereocenters. The van der Waals surface area contributed by atoms with Crippen LogP contribution in [0.15, 0.2) is 12.3 Å². The number of rotatable bonds is 5. The van der Waals surface area contributed by atoms with Gasteiger partial charge in [-0.15, -0.1) is 5.10 Å². The molecule has 22 heavy (non-hydrogen) atoms. The molecule has 2 atom stereocenters. The highest BCUT2D eigenvalue weighted by atomic mass is 16.3. The molecular formula is C16H24N4O2. The highest BCUT2D eigenvalue weighted by Crippen LogP contribution is 2.39. The van der Waals surface area contributed by atoms with Crippen LogP contribution in [0.4, 0.5) is 0 Å². The number of aliphatic hydroxyl groups is 1. The first-order chi connectivity index (χ1) is 10.6. The molecule has 0 radical (unpaired) electrons. The first-order valence-corrected chi connectivity index (χ1v) is 8.07. The molecule has 1 amide bonds. The topological polar surface area (TPSA) is 78.4 Å². The molecule has 2 fully saturated rings. The molecule has 1 aliphatic heterocycles. The van der Waals surface area contributed by atoms with Crippen molar-refractivity contribution in [2.75, 3.05) is 19.7 Å². The largest absolute Gasteiger partial charge is 0.396 e. The van der Waals surface area contributed by atoms with E-state index < -0.39 is 0 Å². The lowest BCUT2D eigenvalue weighted by molar-refractivity contribution is 0.0914. The second-order valence-electron chi connectivity index (χ2n) is 6.72. The van der Waals surface area contributed by atoms with Crippen LogP contribution in [0.1, 0.15) is 48.7 Å². The van der Waals surface area contributed by atoms with E-state index in [9.17, 15) is 9.90 Å². The third-order valence-electron chi connectivity index (χ3n) is 4.71. The highest BCUT2D eigenvalue weighted by Gasteiger charge is 2.35. The van der Waals surface area contributed by atoms with Crippen LogP contribution in [-0.2, 0) is 0 Å². The van der Waals surface area contributed by atoms with E-state index in [0.717, 1.165) is 18.7 Å². The Morgan fingerprint density at radius 1 is 1.45 bits per heavy atom. The molecule has 1 aromatic rings. The molecule has 0 spiro atoms. The second kappa shape index (κ2) is 6.30. The molecular weight excluding hydrogens is 280 g/mol. The Labute approximate surface area is 130 Å². The average molecular weight is 304 g/mol. The van der Waals surface area contributed by atoms with Gasteiger partial charge in [0.25, 0.3) is 5.91 Å². The fourth-order valence-corrected chi connectivity index (χ4v) is 3.05. The number of likely N-dealkylation sites (tertiary alicyclic amines) is 1. The van der Waals surface area contributed by atoms with Crippen molar-refractivity contribution in [1.29, 1.82) is 0 Å². The standard InChI is InChI=1S/C16H24N4O2/c1-10(2)20-7-13(9-21)15(8-20)18-16(22)14-5-12(6-17-19-14)11-3-4-11/h5-6,10-11,13,15,21H,3-4,7-9H2,1-2H3,(H,18,22)/t13-,15-/m0/s1. The van der Waals surface area contributed by atoms with Crippen LogP contribution in [0.25, 0.3) is 0 Å². The minimum atomic E-state index is -0.191. The van der Waals surface area contributed by atoms with Crippen molar-refractivity contribution in [1.82, 2.24) is 20.4 Å². The third-order valence-corrected chi connectivity index (χ3v) is 4.71. The Morgan fingerprint density at radius 2 is 2.23 bits per heavy atom. The van der Waals surface area contributed by atoms with Crippen LogP contribution < -0.4 is 5.32 Å². The van der Waals surface area contributed by atoms with E-state index in [0.29, 0.717) is 17.7 Å². The van der Waals surface area contributed by atoms with Crippen molar-refractivity contribution in [3.8, 4) is 0 Å². The minimum Gasteiger partial charge on any atom is -0.396 e. The molecule has 120 valence electrons. The Bertz CT molecular complexity index is 545. The molecule has 2 aliphatic rings. The molecule has 2 heterocycles. The number of carbonyl (C=O) groups is 1. The number of aliphatic hydroxyl groups excluding tert-OH is 1. The lowest BCUT2D eigenvalue weighted by atomic mass is 10.0. The predicted octanol–water partition coefficient (Wildman–Crippen LogP) is 0.785. The maximum Gasteiger partial charge on any atom is 0.272 e. The number of nitrogens with zero attached hydrogens (tertiary/aromatic N) is 3. The first kappa shape index (κ1) is 15.4. The third kappa shape index (κ3) is 3.28. The van der Waals surface area contributed by atoms with Crippen LogP contribution >= 0.6 is 0 Å². The van der Waals surface area contributed by atoms with Crippen LogP contribution in [0.2, 0.25) is 0 Å². The van der Waals surface area contributed by atoms with E-state index in [1.54, 1.807) is 6.20 Å². The number of nitrogens with one attached hydrogen (secondary N) is 1. The van der Waals surface area contributed by atoms with Gasteiger partial charge in [0.05, 0.1) is 6.20 Å². The van der Waals surface area contributed by atoms with Gasteiger partial charge in [-0.05, 0) is 44.2 Å². The van der Waals surface area contributed by atoms with Crippen LogP contribution in [0.5, 0.6) is 0 Å². The Morgan fingerprint density at radius 3 is 2.86 bits per heavy atom. The van der Waals surface area contributed by atoms with Gasteiger partial charge in [-0.25, -0.2) is 0 Å². The summed E-state index contributed by atoms with van der Waals surface area (Å²) in [5, 5.41) is 20.5. The number of carbonyl (C=O) groups excluding carboxylic acids is 1. The molecule has 0 bridgehead atoms. The zero-order valence-electron chi connectivity index (χ0n) is 13.2. The predicted molar refractivity (Wildman–Crippen MR) is 82.5 cm³/mol. The minimum absolute atomic E-state index is 0.0359. The number of hydrogen-bond acceptors (Lipinski definition) is 5. The van der Waals surface area contributed by atoms with E-state index in [2.05, 4.69) is 34.3 Å². The molecule has 0 aromatic carbocycles. The molecule has 6 nitrogen and oxygen atoms in total. The smallest absolute Gasteiger partial charge is 0.272 e. The van der Waals surface area contributed by atoms with Crippen LogP contribution in [0.3, 0.4) is 0 Å². The molecule has 3 rings (SSSR count). The zero-order valence-corrected chi connectivity index (χ0v) is 13.2. The van der Waals surface area contributed by atoms with Gasteiger partial charge in [0.15, 0.2) is 5.69 Å². The van der Waals surface area contributed by atoms with Crippen LogP contribution in [0, 0.1) is 5.92 Å². The Hall–Kier alpha value is -1.53. The number of amides is 1. The average Bonchev–Trinajstić information content (AvgIpc) is 3.28. The Balaban J connectivity index is 1.66. The van der Waals surface area contributed by atoms with E-state index in [-0.39, 0.29) is 24.5 Å². The summed E-state index contributed by atoms with van der Waals surface area (Å²) in [6.07, 6.45) is 4.09. The fraction of sp³-hybridized carbons (Fsp3) is 0.688. The van der Waals surface area contributed by atoms with Crippen molar-refractivity contribution in [3.63, 3.8) is 0 Å². The lowest BCUT2D eigenvalue weighted by Crippen LogP contribution is -2.42. The van der Waals surface area contributed by atoms with E-state index >= 15 is 0 Å². The summed E-state index contributed by atoms with van der Waals surface area (Å²) in [5.74, 6) is 0.435. The van der Waals surface area contributed by atoms with Gasteiger partial charge in [0.1, 0.15) is 0 Å². The normalized spacial score (nSPS) is 25.6. The first-order valence-electron chi connectivity index (χ1n) is 8.07. The summed E-state index contributed by atoms with van der Waals surface area (Å²) >= 11 is 0. The molecule has 1 aromatic heterocycles. The molecule has 1 aliphatic carbocycles. The van der Waals surface area contributed by atoms with Crippen molar-refractivity contribution >= 4 is 5.91 Å². The van der Waals surface area contributed by atoms with Crippen molar-refractivity contribution in [3.05, 3.63) is 23.5 Å². The SMILES string of the molecule is CC(C)N1C[C@@H](CO)[C@@H](NC(=O)c2cc(C3CC3)cnn2)C1. The zero-order chi connectivity index (χ0) is 15.7. The Kier molecular flexibility index (Phi) is 4.40. The van der Waals surface area contributed by atoms with Crippen molar-refractivity contribution < 1.29 is 9.90 Å². The van der Waals surface area contributed by atoms with Crippen LogP contribution in [-0.4, -0.2) is 57.9 Å². The monoisotopic (exact) mass is 304 g/mol. The summed E-state index contributed by atoms with van der Waals surface area (Å²) in [7, 11) is 0. The quantitative estimate of drug-likeness (QED) is 0.841. The van der Waals surface area contributed by atoms with Gasteiger partial charge in [-0.2, -0.15) is 5.10 Å². The lowest BCUT2D eigenvalue weighted by Gasteiger charge is -2.20. The maximum atomic E-state index is 12.4. The highest BCUT2D eigenvalue weighted by molar-refractivity contribution is 5.92. The van der Waals surface area contributed by atoms with Gasteiger partial charge in [0, 0.05) is 37.7 Å². The van der Waals surface area contributed by atoms with Gasteiger partial charge >= 0.3 is 0 Å². The molecule has 1 saturated carbocycles. The number of hydrogen-bond donors (Lipinski definition) is 2. The second-order valence-corrected chi connectivity index (χ2v) is 6.72. The summed E-state index contributed by atoms with van der Waals surface area (Å²) in [6, 6.07) is 2.23. The van der Waals surface area contributed by atoms with E-state index in [1.807, 2.05) is 6.07 Å². The summed E-state index contributed by atoms with van der Waals surface area (Å²) in [4.78, 5) is 14.7. The molecule has 2 N–H and O–H groups in total. The summed E-state index contributed by atoms with van der Waals surface area (Å²) in [5.41, 5.74) is 1.48. The maximum absolute atomic E-state index is 12.4. The summed E-state index contributed by atoms with van der Waals surface area (Å²) < 4.78 is 0. The van der Waals surface area contributed by atoms with Crippen molar-refractivity contribution in [2.45, 2.75) is 44.7 Å². The van der Waals surface area contributed by atoms with E-state index in [1.165, 1.54) is 12.8 Å². The van der Waals surface area contributed by atoms with E-state index in [4.69, 9.17) is 0 Å². The van der Waals surface area contributed by atoms with Gasteiger partial charge in [0.2, 0.25) is 0 Å². The van der Waals surface area contributed by atoms with Gasteiger partial charge < -0.3 is 10.4 Å². The number of aromatic nitrogens is 2. The summed E-state index contributed by atoms with van der Waals surface area (Å²) in [6.45, 7) is 5.92.